The fourth-order valence-corrected chi connectivity index (χ4v) is 2.55. The summed E-state index contributed by atoms with van der Waals surface area (Å²) in [4.78, 5) is 25.9. The number of carbonyl (C=O) groups excluding carboxylic acids is 2. The van der Waals surface area contributed by atoms with Gasteiger partial charge in [0.15, 0.2) is 0 Å². The van der Waals surface area contributed by atoms with Crippen molar-refractivity contribution in [2.75, 3.05) is 31.5 Å². The summed E-state index contributed by atoms with van der Waals surface area (Å²) < 4.78 is 5.40. The second kappa shape index (κ2) is 8.20. The molecule has 7 nitrogen and oxygen atoms in total. The van der Waals surface area contributed by atoms with E-state index in [0.717, 1.165) is 11.3 Å². The summed E-state index contributed by atoms with van der Waals surface area (Å²) in [7, 11) is 0. The Labute approximate surface area is 149 Å². The lowest BCUT2D eigenvalue weighted by Gasteiger charge is -2.34. The van der Waals surface area contributed by atoms with Crippen molar-refractivity contribution in [3.8, 4) is 0 Å². The highest BCUT2D eigenvalue weighted by Crippen LogP contribution is 2.13. The molecule has 1 atom stereocenters. The minimum Gasteiger partial charge on any atom is -0.444 e. The third-order valence-electron chi connectivity index (χ3n) is 3.81. The molecule has 0 spiro atoms. The number of nitrogens with zero attached hydrogens (tertiary/aromatic N) is 1. The van der Waals surface area contributed by atoms with Crippen molar-refractivity contribution in [2.45, 2.75) is 39.3 Å². The van der Waals surface area contributed by atoms with Crippen molar-refractivity contribution in [3.63, 3.8) is 0 Å². The number of aryl methyl sites for hydroxylation is 1. The molecule has 1 aliphatic heterocycles. The van der Waals surface area contributed by atoms with Crippen LogP contribution in [0.25, 0.3) is 0 Å². The zero-order valence-corrected chi connectivity index (χ0v) is 15.4. The number of piperazine rings is 1. The van der Waals surface area contributed by atoms with Gasteiger partial charge in [0.05, 0.1) is 0 Å². The third kappa shape index (κ3) is 6.26. The van der Waals surface area contributed by atoms with Crippen LogP contribution < -0.4 is 16.0 Å². The number of ether oxygens (including phenoxy) is 1. The molecule has 3 N–H and O–H groups in total. The van der Waals surface area contributed by atoms with E-state index in [9.17, 15) is 9.59 Å². The predicted molar refractivity (Wildman–Crippen MR) is 97.8 cm³/mol. The van der Waals surface area contributed by atoms with Crippen molar-refractivity contribution in [2.24, 2.45) is 0 Å². The third-order valence-corrected chi connectivity index (χ3v) is 3.81. The number of para-hydroxylation sites is 1. The fraction of sp³-hybridized carbons (Fsp3) is 0.556. The van der Waals surface area contributed by atoms with Gasteiger partial charge < -0.3 is 25.6 Å². The highest BCUT2D eigenvalue weighted by molar-refractivity contribution is 5.90. The molecule has 2 rings (SSSR count). The molecule has 1 heterocycles. The molecule has 1 unspecified atom stereocenters. The number of hydrogen-bond donors (Lipinski definition) is 3. The molecular formula is C18H28N4O3. The first-order valence-corrected chi connectivity index (χ1v) is 8.56. The van der Waals surface area contributed by atoms with E-state index in [2.05, 4.69) is 16.0 Å². The Bertz CT molecular complexity index is 613. The Morgan fingerprint density at radius 2 is 2.04 bits per heavy atom. The zero-order chi connectivity index (χ0) is 18.4. The second-order valence-electron chi connectivity index (χ2n) is 7.23. The molecule has 1 saturated heterocycles. The molecule has 0 bridgehead atoms. The summed E-state index contributed by atoms with van der Waals surface area (Å²) in [6.07, 6.45) is -0.316. The number of amides is 3. The van der Waals surface area contributed by atoms with Gasteiger partial charge in [-0.05, 0) is 39.3 Å². The van der Waals surface area contributed by atoms with Gasteiger partial charge in [-0.2, -0.15) is 0 Å². The maximum absolute atomic E-state index is 12.2. The smallest absolute Gasteiger partial charge is 0.410 e. The first-order valence-electron chi connectivity index (χ1n) is 8.56. The van der Waals surface area contributed by atoms with E-state index in [4.69, 9.17) is 4.74 Å². The number of anilines is 1. The topological polar surface area (TPSA) is 82.7 Å². The van der Waals surface area contributed by atoms with Gasteiger partial charge >= 0.3 is 12.1 Å². The number of carbonyl (C=O) groups is 2. The van der Waals surface area contributed by atoms with Crippen molar-refractivity contribution >= 4 is 17.8 Å². The maximum atomic E-state index is 12.2. The summed E-state index contributed by atoms with van der Waals surface area (Å²) in [5.74, 6) is 0. The lowest BCUT2D eigenvalue weighted by Crippen LogP contribution is -2.57. The van der Waals surface area contributed by atoms with Gasteiger partial charge in [-0.3, -0.25) is 0 Å². The number of benzene rings is 1. The predicted octanol–water partition coefficient (Wildman–Crippen LogP) is 2.33. The monoisotopic (exact) mass is 348 g/mol. The van der Waals surface area contributed by atoms with E-state index in [1.807, 2.05) is 52.0 Å². The Balaban J connectivity index is 1.79. The fourth-order valence-electron chi connectivity index (χ4n) is 2.55. The van der Waals surface area contributed by atoms with Crippen LogP contribution in [0.5, 0.6) is 0 Å². The van der Waals surface area contributed by atoms with E-state index in [1.54, 1.807) is 4.90 Å². The molecule has 0 saturated carbocycles. The Morgan fingerprint density at radius 1 is 1.32 bits per heavy atom. The van der Waals surface area contributed by atoms with Crippen molar-refractivity contribution in [1.29, 1.82) is 0 Å². The van der Waals surface area contributed by atoms with Crippen LogP contribution in [-0.4, -0.2) is 54.8 Å². The van der Waals surface area contributed by atoms with Crippen molar-refractivity contribution in [3.05, 3.63) is 29.8 Å². The highest BCUT2D eigenvalue weighted by atomic mass is 16.6. The van der Waals surface area contributed by atoms with Crippen molar-refractivity contribution in [1.82, 2.24) is 15.5 Å². The summed E-state index contributed by atoms with van der Waals surface area (Å²) in [6, 6.07) is 7.34. The first kappa shape index (κ1) is 19.1. The lowest BCUT2D eigenvalue weighted by atomic mass is 10.2. The zero-order valence-electron chi connectivity index (χ0n) is 15.4. The van der Waals surface area contributed by atoms with E-state index in [0.29, 0.717) is 26.2 Å². The average Bonchev–Trinajstić information content (AvgIpc) is 2.54. The van der Waals surface area contributed by atoms with Crippen LogP contribution >= 0.6 is 0 Å². The number of urea groups is 1. The largest absolute Gasteiger partial charge is 0.444 e. The average molecular weight is 348 g/mol. The number of hydrogen-bond acceptors (Lipinski definition) is 4. The maximum Gasteiger partial charge on any atom is 0.410 e. The molecule has 138 valence electrons. The first-order chi connectivity index (χ1) is 11.7. The Kier molecular flexibility index (Phi) is 6.25. The molecule has 1 aromatic rings. The van der Waals surface area contributed by atoms with Crippen LogP contribution in [0, 0.1) is 6.92 Å². The van der Waals surface area contributed by atoms with Gasteiger partial charge in [0.2, 0.25) is 0 Å². The van der Waals surface area contributed by atoms with Crippen LogP contribution in [0.4, 0.5) is 15.3 Å². The minimum absolute atomic E-state index is 0.0103. The highest BCUT2D eigenvalue weighted by Gasteiger charge is 2.27. The molecule has 0 aliphatic carbocycles. The minimum atomic E-state index is -0.511. The molecule has 3 amide bonds. The van der Waals surface area contributed by atoms with Gasteiger partial charge in [-0.25, -0.2) is 9.59 Å². The lowest BCUT2D eigenvalue weighted by molar-refractivity contribution is 0.0197. The van der Waals surface area contributed by atoms with E-state index in [-0.39, 0.29) is 18.2 Å². The van der Waals surface area contributed by atoms with E-state index >= 15 is 0 Å². The van der Waals surface area contributed by atoms with Gasteiger partial charge in [-0.1, -0.05) is 18.2 Å². The number of nitrogens with one attached hydrogen (secondary N) is 3. The molecule has 0 aromatic heterocycles. The van der Waals surface area contributed by atoms with E-state index < -0.39 is 5.60 Å². The summed E-state index contributed by atoms with van der Waals surface area (Å²) >= 11 is 0. The van der Waals surface area contributed by atoms with Crippen LogP contribution in [0.1, 0.15) is 26.3 Å². The normalized spacial score (nSPS) is 17.8. The summed E-state index contributed by atoms with van der Waals surface area (Å²) in [5.41, 5.74) is 1.28. The van der Waals surface area contributed by atoms with Gasteiger partial charge in [-0.15, -0.1) is 0 Å². The van der Waals surface area contributed by atoms with Crippen LogP contribution in [0.2, 0.25) is 0 Å². The van der Waals surface area contributed by atoms with Crippen molar-refractivity contribution < 1.29 is 14.3 Å². The standard InChI is InChI=1S/C18H28N4O3/c1-13-7-5-6-8-15(13)21-16(23)20-11-14-12-22(10-9-19-14)17(24)25-18(2,3)4/h5-8,14,19H,9-12H2,1-4H3,(H2,20,21,23). The molecular weight excluding hydrogens is 320 g/mol. The quantitative estimate of drug-likeness (QED) is 0.783. The number of rotatable bonds is 3. The molecule has 0 radical (unpaired) electrons. The Morgan fingerprint density at radius 3 is 2.72 bits per heavy atom. The van der Waals surface area contributed by atoms with Gasteiger partial charge in [0.25, 0.3) is 0 Å². The molecule has 25 heavy (non-hydrogen) atoms. The second-order valence-corrected chi connectivity index (χ2v) is 7.23. The van der Waals surface area contributed by atoms with Crippen LogP contribution in [0.3, 0.4) is 0 Å². The Hall–Kier alpha value is -2.28. The van der Waals surface area contributed by atoms with E-state index in [1.165, 1.54) is 0 Å². The van der Waals surface area contributed by atoms with Gasteiger partial charge in [0, 0.05) is 37.9 Å². The van der Waals surface area contributed by atoms with Gasteiger partial charge in [0.1, 0.15) is 5.60 Å². The van der Waals surface area contributed by atoms with Crippen LogP contribution in [-0.2, 0) is 4.74 Å². The molecule has 7 heteroatoms. The SMILES string of the molecule is Cc1ccccc1NC(=O)NCC1CN(C(=O)OC(C)(C)C)CCN1. The summed E-state index contributed by atoms with van der Waals surface area (Å²) in [5, 5.41) is 8.98. The molecule has 1 fully saturated rings. The molecule has 1 aromatic carbocycles. The van der Waals surface area contributed by atoms with Crippen LogP contribution in [0.15, 0.2) is 24.3 Å². The summed E-state index contributed by atoms with van der Waals surface area (Å²) in [6.45, 7) is 9.69. The molecule has 1 aliphatic rings.